The molecule has 5 aromatic rings. The molecule has 0 aliphatic carbocycles. The lowest BCUT2D eigenvalue weighted by molar-refractivity contribution is -0.897. The standard InChI is InChI=1S/C24BF20.C8H12NO/c26-5-1(6(27)14(35)21(42)13(5)34)25(2-7(28)15(36)22(43)16(37)8(2)29,3-9(30)17(38)23(44)18(39)10(3)31)4-11(32)19(40)24(45)20(41)12(4)33;1-8(2)10-9-6-4-3-5-7-9/h;3-8H,1-2H3/q-1;+1. The van der Waals surface area contributed by atoms with Crippen molar-refractivity contribution in [3.8, 4) is 0 Å². The lowest BCUT2D eigenvalue weighted by Gasteiger charge is -2.44. The van der Waals surface area contributed by atoms with Crippen LogP contribution in [0.25, 0.3) is 0 Å². The van der Waals surface area contributed by atoms with E-state index in [1.165, 1.54) is 0 Å². The first-order valence-electron chi connectivity index (χ1n) is 14.4. The van der Waals surface area contributed by atoms with Gasteiger partial charge in [0.05, 0.1) is 0 Å². The summed E-state index contributed by atoms with van der Waals surface area (Å²) in [6.45, 7) is 4.00. The fraction of sp³-hybridized carbons (Fsp3) is 0.0938. The van der Waals surface area contributed by atoms with Crippen molar-refractivity contribution in [1.82, 2.24) is 0 Å². The number of nitrogens with zero attached hydrogens (tertiary/aromatic N) is 1. The maximum Gasteiger partial charge on any atom is 0.222 e. The zero-order valence-corrected chi connectivity index (χ0v) is 26.5. The topological polar surface area (TPSA) is 13.1 Å². The van der Waals surface area contributed by atoms with Crippen LogP contribution in [0.15, 0.2) is 30.6 Å². The van der Waals surface area contributed by atoms with Gasteiger partial charge in [-0.3, -0.25) is 4.84 Å². The average molecular weight is 817 g/mol. The smallest absolute Gasteiger partial charge is 0.222 e. The molecule has 0 fully saturated rings. The number of aromatic nitrogens is 1. The number of rotatable bonds is 6. The van der Waals surface area contributed by atoms with E-state index in [2.05, 4.69) is 0 Å². The number of halogens is 20. The Morgan fingerprint density at radius 3 is 0.691 bits per heavy atom. The summed E-state index contributed by atoms with van der Waals surface area (Å²) >= 11 is 0. The summed E-state index contributed by atoms with van der Waals surface area (Å²) in [6, 6.07) is 5.82. The molecule has 2 nitrogen and oxygen atoms in total. The van der Waals surface area contributed by atoms with E-state index in [1.54, 1.807) is 4.73 Å². The molecule has 0 N–H and O–H groups in total. The van der Waals surface area contributed by atoms with Crippen LogP contribution in [-0.2, 0) is 0 Å². The Bertz CT molecular complexity index is 1950. The fourth-order valence-electron chi connectivity index (χ4n) is 5.57. The number of benzene rings is 4. The third kappa shape index (κ3) is 6.55. The molecule has 294 valence electrons. The Balaban J connectivity index is 0.000000583. The van der Waals surface area contributed by atoms with Gasteiger partial charge in [-0.05, 0) is 13.8 Å². The molecule has 0 amide bonds. The van der Waals surface area contributed by atoms with Crippen molar-refractivity contribution in [3.05, 3.63) is 147 Å². The van der Waals surface area contributed by atoms with Crippen LogP contribution in [0, 0.1) is 116 Å². The first-order chi connectivity index (χ1) is 25.5. The van der Waals surface area contributed by atoms with Crippen molar-refractivity contribution < 1.29 is 97.4 Å². The van der Waals surface area contributed by atoms with E-state index in [-0.39, 0.29) is 6.10 Å². The summed E-state index contributed by atoms with van der Waals surface area (Å²) in [5, 5.41) is 0. The quantitative estimate of drug-likeness (QED) is 0.0616. The van der Waals surface area contributed by atoms with E-state index in [0.29, 0.717) is 0 Å². The van der Waals surface area contributed by atoms with E-state index in [0.717, 1.165) is 0 Å². The minimum Gasteiger partial charge on any atom is -0.269 e. The molecule has 4 aromatic carbocycles. The zero-order chi connectivity index (χ0) is 41.8. The molecule has 0 aliphatic heterocycles. The lowest BCUT2D eigenvalue weighted by Crippen LogP contribution is -2.81. The van der Waals surface area contributed by atoms with Crippen molar-refractivity contribution in [2.24, 2.45) is 0 Å². The summed E-state index contributed by atoms with van der Waals surface area (Å²) < 4.78 is 296. The number of hydrogen-bond donors (Lipinski definition) is 0. The van der Waals surface area contributed by atoms with Crippen LogP contribution in [-0.4, -0.2) is 12.2 Å². The van der Waals surface area contributed by atoms with Crippen molar-refractivity contribution in [2.75, 3.05) is 0 Å². The molecule has 5 rings (SSSR count). The first kappa shape index (κ1) is 42.2. The Kier molecular flexibility index (Phi) is 11.8. The lowest BCUT2D eigenvalue weighted by atomic mass is 9.12. The first-order valence-corrected chi connectivity index (χ1v) is 14.4. The van der Waals surface area contributed by atoms with E-state index >= 15 is 35.1 Å². The Morgan fingerprint density at radius 1 is 0.327 bits per heavy atom. The van der Waals surface area contributed by atoms with Gasteiger partial charge in [0.1, 0.15) is 52.7 Å². The normalized spacial score (nSPS) is 11.6. The monoisotopic (exact) mass is 817 g/mol. The van der Waals surface area contributed by atoms with Crippen molar-refractivity contribution in [3.63, 3.8) is 0 Å². The van der Waals surface area contributed by atoms with Crippen molar-refractivity contribution in [2.45, 2.75) is 20.0 Å². The highest BCUT2D eigenvalue weighted by atomic mass is 19.2. The molecule has 0 radical (unpaired) electrons. The molecule has 0 spiro atoms. The molecular weight excluding hydrogens is 805 g/mol. The molecule has 0 unspecified atom stereocenters. The Labute approximate surface area is 292 Å². The van der Waals surface area contributed by atoms with Crippen LogP contribution in [0.3, 0.4) is 0 Å². The van der Waals surface area contributed by atoms with E-state index in [4.69, 9.17) is 4.84 Å². The van der Waals surface area contributed by atoms with Gasteiger partial charge in [-0.1, -0.05) is 6.07 Å². The molecule has 55 heavy (non-hydrogen) atoms. The van der Waals surface area contributed by atoms with Gasteiger partial charge in [0.15, 0.2) is 75.9 Å². The van der Waals surface area contributed by atoms with Gasteiger partial charge >= 0.3 is 0 Å². The largest absolute Gasteiger partial charge is 0.269 e. The predicted molar refractivity (Wildman–Crippen MR) is 148 cm³/mol. The maximum atomic E-state index is 15.4. The van der Waals surface area contributed by atoms with Crippen LogP contribution in [0.1, 0.15) is 13.8 Å². The molecule has 0 atom stereocenters. The van der Waals surface area contributed by atoms with Crippen LogP contribution in [0.5, 0.6) is 0 Å². The SMILES string of the molecule is CC(C)O[n+]1ccccc1.Fc1c(F)c(F)c([B-](c2c(F)c(F)c(F)c(F)c2F)(c2c(F)c(F)c(F)c(F)c2F)c2c(F)c(F)c(F)c(F)c2F)c(F)c1F. The van der Waals surface area contributed by atoms with Crippen molar-refractivity contribution in [1.29, 1.82) is 0 Å². The summed E-state index contributed by atoms with van der Waals surface area (Å²) in [5.74, 6) is -71.4. The van der Waals surface area contributed by atoms with Crippen LogP contribution in [0.2, 0.25) is 0 Å². The number of pyridine rings is 1. The van der Waals surface area contributed by atoms with Gasteiger partial charge in [0.25, 0.3) is 0 Å². The Morgan fingerprint density at radius 2 is 0.509 bits per heavy atom. The second kappa shape index (κ2) is 15.3. The summed E-state index contributed by atoms with van der Waals surface area (Å²) in [4.78, 5) is 5.33. The molecule has 0 saturated heterocycles. The van der Waals surface area contributed by atoms with Crippen LogP contribution in [0.4, 0.5) is 87.8 Å². The second-order valence-electron chi connectivity index (χ2n) is 11.2. The van der Waals surface area contributed by atoms with Gasteiger partial charge in [-0.15, -0.1) is 21.9 Å². The fourth-order valence-corrected chi connectivity index (χ4v) is 5.57. The minimum absolute atomic E-state index is 0.229. The predicted octanol–water partition coefficient (Wildman–Crippen LogP) is 6.66. The van der Waals surface area contributed by atoms with Gasteiger partial charge in [0, 0.05) is 16.9 Å². The van der Waals surface area contributed by atoms with Gasteiger partial charge in [-0.2, -0.15) is 0 Å². The third-order valence-corrected chi connectivity index (χ3v) is 7.73. The molecule has 23 heteroatoms. The molecule has 0 aliphatic rings. The number of hydrogen-bond acceptors (Lipinski definition) is 1. The highest BCUT2D eigenvalue weighted by Crippen LogP contribution is 2.30. The molecule has 0 saturated carbocycles. The van der Waals surface area contributed by atoms with E-state index in [9.17, 15) is 52.7 Å². The summed E-state index contributed by atoms with van der Waals surface area (Å²) in [7, 11) is 0. The minimum atomic E-state index is -7.22. The zero-order valence-electron chi connectivity index (χ0n) is 26.5. The van der Waals surface area contributed by atoms with E-state index in [1.807, 2.05) is 44.4 Å². The second-order valence-corrected chi connectivity index (χ2v) is 11.2. The molecule has 0 bridgehead atoms. The highest BCUT2D eigenvalue weighted by molar-refractivity contribution is 7.20. The van der Waals surface area contributed by atoms with Crippen LogP contribution < -0.4 is 31.4 Å². The summed E-state index contributed by atoms with van der Waals surface area (Å²) in [5.41, 5.74) is -14.3. The third-order valence-electron chi connectivity index (χ3n) is 7.73. The van der Waals surface area contributed by atoms with Crippen LogP contribution >= 0.6 is 0 Å². The van der Waals surface area contributed by atoms with E-state index < -0.39 is 144 Å². The Hall–Kier alpha value is -5.51. The molecule has 1 aromatic heterocycles. The average Bonchev–Trinajstić information content (AvgIpc) is 3.15. The van der Waals surface area contributed by atoms with Gasteiger partial charge < -0.3 is 0 Å². The molecular formula is C32H12BF20NO. The van der Waals surface area contributed by atoms with Gasteiger partial charge in [-0.25, -0.2) is 87.8 Å². The van der Waals surface area contributed by atoms with Crippen molar-refractivity contribution >= 4 is 28.0 Å². The van der Waals surface area contributed by atoms with Gasteiger partial charge in [0.2, 0.25) is 12.4 Å². The highest BCUT2D eigenvalue weighted by Gasteiger charge is 2.52. The maximum absolute atomic E-state index is 15.4. The molecule has 1 heterocycles. The summed E-state index contributed by atoms with van der Waals surface area (Å²) in [6.07, 6.45) is -3.24.